The first kappa shape index (κ1) is 32.1. The number of nitrogens with one attached hydrogen (secondary N) is 1. The van der Waals surface area contributed by atoms with Crippen LogP contribution in [0.3, 0.4) is 0 Å². The zero-order chi connectivity index (χ0) is 32.2. The molecule has 0 aliphatic heterocycles. The van der Waals surface area contributed by atoms with E-state index in [2.05, 4.69) is 26.1 Å². The topological polar surface area (TPSA) is 134 Å². The molecule has 232 valence electrons. The van der Waals surface area contributed by atoms with Crippen LogP contribution in [-0.2, 0) is 19.7 Å². The number of para-hydroxylation sites is 1. The van der Waals surface area contributed by atoms with E-state index in [1.807, 2.05) is 24.3 Å². The van der Waals surface area contributed by atoms with E-state index in [0.717, 1.165) is 5.56 Å². The maximum atomic E-state index is 13.7. The maximum Gasteiger partial charge on any atom is 0.344 e. The van der Waals surface area contributed by atoms with E-state index in [4.69, 9.17) is 23.0 Å². The highest BCUT2D eigenvalue weighted by Crippen LogP contribution is 2.34. The van der Waals surface area contributed by atoms with E-state index in [9.17, 15) is 19.2 Å². The molecule has 44 heavy (non-hydrogen) atoms. The van der Waals surface area contributed by atoms with Gasteiger partial charge in [0.1, 0.15) is 22.5 Å². The van der Waals surface area contributed by atoms with Crippen molar-refractivity contribution in [3.8, 4) is 17.1 Å². The van der Waals surface area contributed by atoms with Gasteiger partial charge in [-0.05, 0) is 50.3 Å². The Hall–Kier alpha value is -4.86. The fourth-order valence-electron chi connectivity index (χ4n) is 4.68. The fraction of sp³-hybridized carbons (Fsp3) is 0.353. The Morgan fingerprint density at radius 3 is 2.07 bits per heavy atom. The Labute approximate surface area is 255 Å². The molecule has 0 saturated carbocycles. The molecule has 4 rings (SSSR count). The van der Waals surface area contributed by atoms with Crippen LogP contribution in [-0.4, -0.2) is 37.2 Å². The normalized spacial score (nSPS) is 12.1. The van der Waals surface area contributed by atoms with E-state index >= 15 is 0 Å². The molecule has 0 aliphatic carbocycles. The van der Waals surface area contributed by atoms with Crippen LogP contribution in [0.4, 0.5) is 5.88 Å². The summed E-state index contributed by atoms with van der Waals surface area (Å²) in [4.78, 5) is 52.8. The monoisotopic (exact) mass is 603 g/mol. The van der Waals surface area contributed by atoms with Gasteiger partial charge in [-0.25, -0.2) is 9.59 Å². The van der Waals surface area contributed by atoms with Crippen molar-refractivity contribution in [3.05, 3.63) is 81.2 Å². The quantitative estimate of drug-likeness (QED) is 0.194. The Morgan fingerprint density at radius 2 is 1.48 bits per heavy atom. The molecular formula is C34H37NO9. The first-order chi connectivity index (χ1) is 20.9. The van der Waals surface area contributed by atoms with Crippen molar-refractivity contribution in [2.45, 2.75) is 66.4 Å². The van der Waals surface area contributed by atoms with Crippen molar-refractivity contribution in [2.75, 3.05) is 18.5 Å². The predicted molar refractivity (Wildman–Crippen MR) is 165 cm³/mol. The molecule has 0 radical (unpaired) electrons. The average Bonchev–Trinajstić information content (AvgIpc) is 3.31. The molecule has 0 spiro atoms. The maximum absolute atomic E-state index is 13.7. The van der Waals surface area contributed by atoms with Gasteiger partial charge in [0.2, 0.25) is 17.1 Å². The highest BCUT2D eigenvalue weighted by Gasteiger charge is 2.33. The Morgan fingerprint density at radius 1 is 0.864 bits per heavy atom. The number of benzene rings is 2. The summed E-state index contributed by atoms with van der Waals surface area (Å²) in [5.74, 6) is -2.58. The number of hydrogen-bond donors (Lipinski definition) is 1. The molecule has 4 aromatic rings. The lowest BCUT2D eigenvalue weighted by molar-refractivity contribution is -0.123. The molecule has 0 saturated heterocycles. The van der Waals surface area contributed by atoms with Crippen LogP contribution >= 0.6 is 0 Å². The van der Waals surface area contributed by atoms with Gasteiger partial charge < -0.3 is 23.0 Å². The van der Waals surface area contributed by atoms with Gasteiger partial charge in [0.05, 0.1) is 18.6 Å². The number of anilines is 1. The van der Waals surface area contributed by atoms with Crippen molar-refractivity contribution in [3.63, 3.8) is 0 Å². The zero-order valence-electron chi connectivity index (χ0n) is 26.0. The summed E-state index contributed by atoms with van der Waals surface area (Å²) in [6.07, 6.45) is -1.07. The lowest BCUT2D eigenvalue weighted by atomic mass is 9.86. The molecular weight excluding hydrogens is 566 g/mol. The molecule has 1 atom stereocenters. The van der Waals surface area contributed by atoms with Crippen LogP contribution in [0, 0.1) is 6.92 Å². The number of furan rings is 1. The highest BCUT2D eigenvalue weighted by molar-refractivity contribution is 6.09. The molecule has 2 aromatic carbocycles. The Kier molecular flexibility index (Phi) is 9.62. The third-order valence-corrected chi connectivity index (χ3v) is 6.97. The number of aryl methyl sites for hydroxylation is 1. The number of hydrogen-bond acceptors (Lipinski definition) is 9. The van der Waals surface area contributed by atoms with Crippen LogP contribution in [0.5, 0.6) is 5.75 Å². The number of rotatable bonds is 10. The van der Waals surface area contributed by atoms with Gasteiger partial charge in [0, 0.05) is 5.56 Å². The number of carbonyl (C=O) groups is 3. The third kappa shape index (κ3) is 6.54. The molecule has 0 aliphatic rings. The summed E-state index contributed by atoms with van der Waals surface area (Å²) in [5, 5.41) is 2.84. The molecule has 0 fully saturated rings. The Bertz CT molecular complexity index is 1740. The first-order valence-electron chi connectivity index (χ1n) is 14.5. The molecule has 1 unspecified atom stereocenters. The predicted octanol–water partition coefficient (Wildman–Crippen LogP) is 6.81. The summed E-state index contributed by atoms with van der Waals surface area (Å²) in [6, 6.07) is 14.4. The van der Waals surface area contributed by atoms with Gasteiger partial charge in [-0.1, -0.05) is 64.1 Å². The van der Waals surface area contributed by atoms with Gasteiger partial charge >= 0.3 is 11.9 Å². The molecule has 2 aromatic heterocycles. The van der Waals surface area contributed by atoms with Crippen LogP contribution in [0.15, 0.2) is 62.2 Å². The van der Waals surface area contributed by atoms with Gasteiger partial charge in [-0.15, -0.1) is 0 Å². The van der Waals surface area contributed by atoms with Gasteiger partial charge in [0.15, 0.2) is 11.9 Å². The number of esters is 2. The number of carbonyl (C=O) groups excluding carboxylic acids is 3. The van der Waals surface area contributed by atoms with E-state index < -0.39 is 29.4 Å². The summed E-state index contributed by atoms with van der Waals surface area (Å²) < 4.78 is 28.2. The van der Waals surface area contributed by atoms with E-state index in [-0.39, 0.29) is 64.7 Å². The van der Waals surface area contributed by atoms with E-state index in [1.165, 1.54) is 6.92 Å². The van der Waals surface area contributed by atoms with Crippen LogP contribution in [0.2, 0.25) is 0 Å². The van der Waals surface area contributed by atoms with Crippen LogP contribution < -0.4 is 15.5 Å². The summed E-state index contributed by atoms with van der Waals surface area (Å²) >= 11 is 0. The largest absolute Gasteiger partial charge is 0.473 e. The average molecular weight is 604 g/mol. The second-order valence-corrected chi connectivity index (χ2v) is 11.1. The standard InChI is InChI=1S/C34H37NO9/c1-8-23(30(37)35-31-26(33(39)41-10-3)25(19(4)42-31)32(38)40-9-2)43-29-27(36)22-13-11-12-14-24(22)44-28(29)20-15-17-21(18-16-20)34(5,6)7/h11-18,23H,8-10H2,1-7H3,(H,35,37). The molecule has 0 bridgehead atoms. The molecule has 1 N–H and O–H groups in total. The number of amides is 1. The minimum atomic E-state index is -1.21. The summed E-state index contributed by atoms with van der Waals surface area (Å²) in [7, 11) is 0. The van der Waals surface area contributed by atoms with Gasteiger partial charge in [-0.2, -0.15) is 0 Å². The lowest BCUT2D eigenvalue weighted by Crippen LogP contribution is -2.34. The Balaban J connectivity index is 1.75. The number of fused-ring (bicyclic) bond motifs is 1. The highest BCUT2D eigenvalue weighted by atomic mass is 16.5. The lowest BCUT2D eigenvalue weighted by Gasteiger charge is -2.20. The van der Waals surface area contributed by atoms with Crippen molar-refractivity contribution < 1.29 is 37.4 Å². The second kappa shape index (κ2) is 13.2. The molecule has 10 heteroatoms. The van der Waals surface area contributed by atoms with Gasteiger partial charge in [0.25, 0.3) is 5.91 Å². The van der Waals surface area contributed by atoms with E-state index in [0.29, 0.717) is 11.1 Å². The number of ether oxygens (including phenoxy) is 3. The van der Waals surface area contributed by atoms with Gasteiger partial charge in [-0.3, -0.25) is 14.9 Å². The van der Waals surface area contributed by atoms with E-state index in [1.54, 1.807) is 45.0 Å². The zero-order valence-corrected chi connectivity index (χ0v) is 26.0. The summed E-state index contributed by atoms with van der Waals surface area (Å²) in [5.41, 5.74) is 1.10. The van der Waals surface area contributed by atoms with Crippen molar-refractivity contribution in [2.24, 2.45) is 0 Å². The minimum absolute atomic E-state index is 0.0245. The first-order valence-corrected chi connectivity index (χ1v) is 14.5. The second-order valence-electron chi connectivity index (χ2n) is 11.1. The summed E-state index contributed by atoms with van der Waals surface area (Å²) in [6.45, 7) is 12.8. The van der Waals surface area contributed by atoms with Crippen molar-refractivity contribution in [1.82, 2.24) is 0 Å². The SMILES string of the molecule is CCOC(=O)c1c(C)oc(NC(=O)C(CC)Oc2c(-c3ccc(C(C)(C)C)cc3)oc3ccccc3c2=O)c1C(=O)OCC. The van der Waals surface area contributed by atoms with Crippen molar-refractivity contribution in [1.29, 1.82) is 0 Å². The molecule has 10 nitrogen and oxygen atoms in total. The fourth-order valence-corrected chi connectivity index (χ4v) is 4.68. The smallest absolute Gasteiger partial charge is 0.344 e. The molecule has 2 heterocycles. The molecule has 1 amide bonds. The van der Waals surface area contributed by atoms with Crippen LogP contribution in [0.1, 0.15) is 80.0 Å². The third-order valence-electron chi connectivity index (χ3n) is 6.97. The minimum Gasteiger partial charge on any atom is -0.473 e. The van der Waals surface area contributed by atoms with Crippen molar-refractivity contribution >= 4 is 34.7 Å². The van der Waals surface area contributed by atoms with Crippen LogP contribution in [0.25, 0.3) is 22.3 Å².